The van der Waals surface area contributed by atoms with Gasteiger partial charge in [0.2, 0.25) is 0 Å². The lowest BCUT2D eigenvalue weighted by Crippen LogP contribution is -2.06. The van der Waals surface area contributed by atoms with E-state index >= 15 is 0 Å². The van der Waals surface area contributed by atoms with Crippen LogP contribution >= 0.6 is 0 Å². The molecule has 65 heavy (non-hydrogen) atoms. The summed E-state index contributed by atoms with van der Waals surface area (Å²) < 4.78 is 11.7. The minimum absolute atomic E-state index is 0.238. The van der Waals surface area contributed by atoms with Crippen LogP contribution in [-0.4, -0.2) is 24.1 Å². The van der Waals surface area contributed by atoms with E-state index in [-0.39, 0.29) is 6.04 Å². The fraction of sp³-hybridized carbons (Fsp3) is 0.0339. The lowest BCUT2D eigenvalue weighted by Gasteiger charge is -2.18. The summed E-state index contributed by atoms with van der Waals surface area (Å²) in [7, 11) is 0. The normalized spacial score (nSPS) is 14.1. The van der Waals surface area contributed by atoms with Gasteiger partial charge in [0, 0.05) is 66.3 Å². The quantitative estimate of drug-likeness (QED) is 0.173. The van der Waals surface area contributed by atoms with Crippen molar-refractivity contribution in [1.29, 1.82) is 0 Å². The first kappa shape index (κ1) is 35.9. The molecule has 304 valence electrons. The second-order valence-corrected chi connectivity index (χ2v) is 17.2. The van der Waals surface area contributed by atoms with Crippen LogP contribution in [-0.2, 0) is 0 Å². The smallest absolute Gasteiger partial charge is 0.164 e. The van der Waals surface area contributed by atoms with Crippen LogP contribution in [0.4, 0.5) is 0 Å². The molecule has 13 aromatic rings. The summed E-state index contributed by atoms with van der Waals surface area (Å²) in [5.41, 5.74) is 10.2. The first-order chi connectivity index (χ1) is 32.2. The molecule has 1 atom stereocenters. The van der Waals surface area contributed by atoms with Crippen molar-refractivity contribution in [1.82, 2.24) is 24.1 Å². The molecular formula is C59H37N5O. The molecule has 0 amide bonds. The van der Waals surface area contributed by atoms with Gasteiger partial charge in [-0.05, 0) is 88.6 Å². The topological polar surface area (TPSA) is 61.7 Å². The molecule has 1 aliphatic carbocycles. The maximum absolute atomic E-state index is 6.81. The van der Waals surface area contributed by atoms with Crippen LogP contribution in [0.15, 0.2) is 211 Å². The Bertz CT molecular complexity index is 4090. The van der Waals surface area contributed by atoms with Crippen molar-refractivity contribution in [2.75, 3.05) is 0 Å². The summed E-state index contributed by atoms with van der Waals surface area (Å²) in [6.45, 7) is 0. The van der Waals surface area contributed by atoms with Gasteiger partial charge in [-0.25, -0.2) is 15.0 Å². The van der Waals surface area contributed by atoms with Gasteiger partial charge >= 0.3 is 0 Å². The molecule has 6 heteroatoms. The zero-order valence-corrected chi connectivity index (χ0v) is 35.1. The predicted octanol–water partition coefficient (Wildman–Crippen LogP) is 15.3. The molecule has 0 spiro atoms. The molecule has 0 aliphatic heterocycles. The number of furan rings is 1. The van der Waals surface area contributed by atoms with E-state index in [1.54, 1.807) is 0 Å². The highest BCUT2D eigenvalue weighted by atomic mass is 16.3. The highest BCUT2D eigenvalue weighted by molar-refractivity contribution is 6.19. The predicted molar refractivity (Wildman–Crippen MR) is 268 cm³/mol. The average Bonchev–Trinajstić information content (AvgIpc) is 4.02. The molecular weight excluding hydrogens is 795 g/mol. The Kier molecular flexibility index (Phi) is 7.71. The molecule has 0 saturated heterocycles. The van der Waals surface area contributed by atoms with Crippen molar-refractivity contribution in [2.45, 2.75) is 12.5 Å². The standard InChI is InChI=1S/C59H37N5O/c1-2-16-43(17-3-1)63-51-20-10-8-18-45(51)49-34-50-46-19-9-11-21-52(46)64(54(50)35-53(49)63)44-27-29-48-47-28-26-42(32-55(47)65-56(48)33-44)59-61-57(40-24-22-36-12-4-6-14-38(36)30-40)60-58(62-59)41-25-23-37-13-5-7-15-39(37)31-41/h1-16,18-35,43H,17H2. The first-order valence-corrected chi connectivity index (χ1v) is 22.2. The van der Waals surface area contributed by atoms with Gasteiger partial charge in [0.05, 0.1) is 22.6 Å². The number of benzene rings is 9. The number of nitrogens with zero attached hydrogens (tertiary/aromatic N) is 5. The van der Waals surface area contributed by atoms with E-state index in [0.29, 0.717) is 17.5 Å². The fourth-order valence-electron chi connectivity index (χ4n) is 10.3. The molecule has 9 aromatic carbocycles. The van der Waals surface area contributed by atoms with E-state index in [2.05, 4.69) is 215 Å². The fourth-order valence-corrected chi connectivity index (χ4v) is 10.3. The number of hydrogen-bond acceptors (Lipinski definition) is 4. The summed E-state index contributed by atoms with van der Waals surface area (Å²) >= 11 is 0. The van der Waals surface area contributed by atoms with Crippen molar-refractivity contribution in [3.8, 4) is 39.9 Å². The van der Waals surface area contributed by atoms with Gasteiger partial charge < -0.3 is 13.6 Å². The highest BCUT2D eigenvalue weighted by Crippen LogP contribution is 2.42. The zero-order valence-electron chi connectivity index (χ0n) is 35.1. The largest absolute Gasteiger partial charge is 0.456 e. The van der Waals surface area contributed by atoms with Crippen LogP contribution in [0.2, 0.25) is 0 Å². The van der Waals surface area contributed by atoms with Crippen LogP contribution in [0, 0.1) is 0 Å². The van der Waals surface area contributed by atoms with Crippen molar-refractivity contribution in [2.24, 2.45) is 0 Å². The molecule has 1 unspecified atom stereocenters. The number of para-hydroxylation sites is 2. The van der Waals surface area contributed by atoms with E-state index in [1.165, 1.54) is 43.4 Å². The summed E-state index contributed by atoms with van der Waals surface area (Å²) in [5.74, 6) is 1.83. The number of hydrogen-bond donors (Lipinski definition) is 0. The summed E-state index contributed by atoms with van der Waals surface area (Å²) in [6.07, 6.45) is 9.87. The summed E-state index contributed by atoms with van der Waals surface area (Å²) in [6, 6.07) is 65.0. The maximum atomic E-state index is 6.81. The Morgan fingerprint density at radius 1 is 0.400 bits per heavy atom. The van der Waals surface area contributed by atoms with Crippen LogP contribution in [0.25, 0.3) is 127 Å². The molecule has 4 heterocycles. The molecule has 0 fully saturated rings. The summed E-state index contributed by atoms with van der Waals surface area (Å²) in [4.78, 5) is 15.3. The minimum Gasteiger partial charge on any atom is -0.456 e. The molecule has 0 saturated carbocycles. The Morgan fingerprint density at radius 2 is 0.954 bits per heavy atom. The molecule has 6 nitrogen and oxygen atoms in total. The third-order valence-corrected chi connectivity index (χ3v) is 13.4. The van der Waals surface area contributed by atoms with E-state index in [4.69, 9.17) is 19.4 Å². The van der Waals surface area contributed by atoms with Gasteiger partial charge in [0.1, 0.15) is 11.2 Å². The zero-order chi connectivity index (χ0) is 42.6. The Labute approximate surface area is 372 Å². The molecule has 14 rings (SSSR count). The number of aromatic nitrogens is 5. The molecule has 0 bridgehead atoms. The van der Waals surface area contributed by atoms with Crippen LogP contribution in [0.3, 0.4) is 0 Å². The SMILES string of the molecule is C1=CCC(n2c3ccccc3c3cc4c5ccccc5n(-c5ccc6c(c5)oc5cc(-c7nc(-c8ccc9ccccc9c8)nc(-c8ccc9ccccc9c8)n7)ccc56)c4cc32)C=C1. The third kappa shape index (κ3) is 5.63. The lowest BCUT2D eigenvalue weighted by molar-refractivity contribution is 0.648. The summed E-state index contributed by atoms with van der Waals surface area (Å²) in [5, 5.41) is 11.7. The number of fused-ring (bicyclic) bond motifs is 11. The first-order valence-electron chi connectivity index (χ1n) is 22.2. The van der Waals surface area contributed by atoms with Gasteiger partial charge in [0.15, 0.2) is 17.5 Å². The van der Waals surface area contributed by atoms with E-state index < -0.39 is 0 Å². The monoisotopic (exact) mass is 831 g/mol. The van der Waals surface area contributed by atoms with Gasteiger partial charge in [-0.3, -0.25) is 0 Å². The lowest BCUT2D eigenvalue weighted by atomic mass is 10.1. The number of allylic oxidation sites excluding steroid dienone is 4. The Balaban J connectivity index is 0.923. The van der Waals surface area contributed by atoms with Gasteiger partial charge in [0.25, 0.3) is 0 Å². The van der Waals surface area contributed by atoms with Gasteiger partial charge in [-0.1, -0.05) is 140 Å². The van der Waals surface area contributed by atoms with Crippen molar-refractivity contribution >= 4 is 87.1 Å². The van der Waals surface area contributed by atoms with E-state index in [1.807, 2.05) is 0 Å². The van der Waals surface area contributed by atoms with Crippen LogP contribution < -0.4 is 0 Å². The minimum atomic E-state index is 0.238. The maximum Gasteiger partial charge on any atom is 0.164 e. The van der Waals surface area contributed by atoms with Gasteiger partial charge in [-0.15, -0.1) is 0 Å². The molecule has 1 aliphatic rings. The third-order valence-electron chi connectivity index (χ3n) is 13.4. The Morgan fingerprint density at radius 3 is 1.63 bits per heavy atom. The average molecular weight is 832 g/mol. The molecule has 4 aromatic heterocycles. The molecule has 0 radical (unpaired) electrons. The van der Waals surface area contributed by atoms with E-state index in [9.17, 15) is 0 Å². The highest BCUT2D eigenvalue weighted by Gasteiger charge is 2.22. The van der Waals surface area contributed by atoms with Crippen molar-refractivity contribution in [3.05, 3.63) is 206 Å². The van der Waals surface area contributed by atoms with Crippen molar-refractivity contribution < 1.29 is 4.42 Å². The second-order valence-electron chi connectivity index (χ2n) is 17.2. The van der Waals surface area contributed by atoms with E-state index in [0.717, 1.165) is 72.5 Å². The van der Waals surface area contributed by atoms with Crippen LogP contribution in [0.1, 0.15) is 12.5 Å². The Hall–Kier alpha value is -8.61. The number of rotatable bonds is 5. The second kappa shape index (κ2) is 13.9. The van der Waals surface area contributed by atoms with Crippen LogP contribution in [0.5, 0.6) is 0 Å². The van der Waals surface area contributed by atoms with Gasteiger partial charge in [-0.2, -0.15) is 0 Å². The van der Waals surface area contributed by atoms with Crippen molar-refractivity contribution in [3.63, 3.8) is 0 Å². The molecule has 0 N–H and O–H groups in total.